The fourth-order valence-corrected chi connectivity index (χ4v) is 3.45. The third kappa shape index (κ3) is 4.50. The van der Waals surface area contributed by atoms with Crippen molar-refractivity contribution in [2.24, 2.45) is 5.73 Å². The Labute approximate surface area is 157 Å². The lowest BCUT2D eigenvalue weighted by Gasteiger charge is -2.25. The molecule has 0 saturated heterocycles. The van der Waals surface area contributed by atoms with Gasteiger partial charge in [-0.05, 0) is 32.0 Å². The van der Waals surface area contributed by atoms with Gasteiger partial charge in [0.25, 0.3) is 5.91 Å². The molecule has 1 aromatic carbocycles. The average Bonchev–Trinajstić information content (AvgIpc) is 2.52. The van der Waals surface area contributed by atoms with E-state index in [-0.39, 0.29) is 17.2 Å². The lowest BCUT2D eigenvalue weighted by atomic mass is 10.1. The van der Waals surface area contributed by atoms with Crippen LogP contribution in [-0.4, -0.2) is 49.3 Å². The maximum atomic E-state index is 12.8. The van der Waals surface area contributed by atoms with E-state index in [4.69, 9.17) is 5.73 Å². The van der Waals surface area contributed by atoms with Crippen molar-refractivity contribution >= 4 is 33.8 Å². The van der Waals surface area contributed by atoms with Crippen LogP contribution in [-0.2, 0) is 10.2 Å². The maximum absolute atomic E-state index is 12.8. The number of urea groups is 1. The molecule has 1 heterocycles. The van der Waals surface area contributed by atoms with Crippen LogP contribution in [0.4, 0.5) is 16.4 Å². The predicted octanol–water partition coefficient (Wildman–Crippen LogP) is 0.846. The van der Waals surface area contributed by atoms with E-state index in [1.54, 1.807) is 36.8 Å². The van der Waals surface area contributed by atoms with Crippen LogP contribution in [0.5, 0.6) is 0 Å². The monoisotopic (exact) mass is 392 g/mol. The van der Waals surface area contributed by atoms with Crippen LogP contribution in [0.2, 0.25) is 0 Å². The Hall–Kier alpha value is -3.21. The molecular formula is C16H20N6O4S. The highest BCUT2D eigenvalue weighted by molar-refractivity contribution is 7.91. The summed E-state index contributed by atoms with van der Waals surface area (Å²) in [4.78, 5) is 33.4. The van der Waals surface area contributed by atoms with Crippen molar-refractivity contribution in [3.05, 3.63) is 47.3 Å². The number of para-hydroxylation sites is 1. The molecule has 0 radical (unpaired) electrons. The molecule has 0 spiro atoms. The SMILES string of the molecule is Cc1cc(C)nc(N(c2ccccc2C(=O)N(C)C)S(=O)(=O)NC(N)=O)n1. The first kappa shape index (κ1) is 20.1. The Bertz CT molecular complexity index is 970. The Kier molecular flexibility index (Phi) is 5.64. The van der Waals surface area contributed by atoms with Gasteiger partial charge in [-0.1, -0.05) is 12.1 Å². The van der Waals surface area contributed by atoms with Crippen molar-refractivity contribution in [1.82, 2.24) is 19.6 Å². The van der Waals surface area contributed by atoms with E-state index in [1.807, 2.05) is 0 Å². The van der Waals surface area contributed by atoms with E-state index in [0.717, 1.165) is 0 Å². The first-order chi connectivity index (χ1) is 12.5. The van der Waals surface area contributed by atoms with Gasteiger partial charge in [-0.3, -0.25) is 4.79 Å². The number of nitrogens with two attached hydrogens (primary N) is 1. The Morgan fingerprint density at radius 2 is 1.63 bits per heavy atom. The van der Waals surface area contributed by atoms with Gasteiger partial charge in [0.05, 0.1) is 11.3 Å². The molecule has 144 valence electrons. The number of primary amides is 1. The fraction of sp³-hybridized carbons (Fsp3) is 0.250. The van der Waals surface area contributed by atoms with Crippen LogP contribution in [0.25, 0.3) is 0 Å². The maximum Gasteiger partial charge on any atom is 0.334 e. The lowest BCUT2D eigenvalue weighted by molar-refractivity contribution is 0.0828. The molecule has 0 aliphatic carbocycles. The molecule has 2 rings (SSSR count). The van der Waals surface area contributed by atoms with E-state index >= 15 is 0 Å². The molecule has 27 heavy (non-hydrogen) atoms. The predicted molar refractivity (Wildman–Crippen MR) is 99.7 cm³/mol. The molecule has 3 amide bonds. The number of amides is 3. The smallest absolute Gasteiger partial charge is 0.334 e. The molecule has 0 unspecified atom stereocenters. The van der Waals surface area contributed by atoms with Crippen molar-refractivity contribution < 1.29 is 18.0 Å². The number of hydrogen-bond acceptors (Lipinski definition) is 6. The van der Waals surface area contributed by atoms with Gasteiger partial charge in [-0.15, -0.1) is 0 Å². The number of hydrogen-bond donors (Lipinski definition) is 2. The van der Waals surface area contributed by atoms with Gasteiger partial charge in [-0.2, -0.15) is 12.7 Å². The van der Waals surface area contributed by atoms with Crippen LogP contribution in [0.1, 0.15) is 21.7 Å². The normalized spacial score (nSPS) is 11.0. The molecule has 10 nitrogen and oxygen atoms in total. The van der Waals surface area contributed by atoms with E-state index in [1.165, 1.54) is 31.1 Å². The van der Waals surface area contributed by atoms with E-state index < -0.39 is 22.1 Å². The highest BCUT2D eigenvalue weighted by Crippen LogP contribution is 2.30. The Morgan fingerprint density at radius 1 is 1.07 bits per heavy atom. The summed E-state index contributed by atoms with van der Waals surface area (Å²) in [6.07, 6.45) is 0. The molecule has 0 fully saturated rings. The average molecular weight is 392 g/mol. The number of nitrogens with one attached hydrogen (secondary N) is 1. The minimum Gasteiger partial charge on any atom is -0.351 e. The van der Waals surface area contributed by atoms with E-state index in [9.17, 15) is 18.0 Å². The van der Waals surface area contributed by atoms with Crippen molar-refractivity contribution in [3.63, 3.8) is 0 Å². The van der Waals surface area contributed by atoms with Gasteiger partial charge in [-0.25, -0.2) is 19.5 Å². The van der Waals surface area contributed by atoms with Gasteiger partial charge in [0.15, 0.2) is 0 Å². The van der Waals surface area contributed by atoms with Crippen molar-refractivity contribution in [2.75, 3.05) is 18.4 Å². The minimum atomic E-state index is -4.53. The molecule has 2 aromatic rings. The largest absolute Gasteiger partial charge is 0.351 e. The number of anilines is 2. The number of rotatable bonds is 5. The summed E-state index contributed by atoms with van der Waals surface area (Å²) >= 11 is 0. The molecule has 0 aliphatic rings. The zero-order valence-electron chi connectivity index (χ0n) is 15.3. The minimum absolute atomic E-state index is 0.0186. The summed E-state index contributed by atoms with van der Waals surface area (Å²) in [7, 11) is -1.46. The zero-order chi connectivity index (χ0) is 20.4. The number of nitrogens with zero attached hydrogens (tertiary/aromatic N) is 4. The molecule has 3 N–H and O–H groups in total. The molecule has 1 aromatic heterocycles. The highest BCUT2D eigenvalue weighted by atomic mass is 32.2. The number of carbonyl (C=O) groups is 2. The van der Waals surface area contributed by atoms with Gasteiger partial charge in [0.1, 0.15) is 0 Å². The summed E-state index contributed by atoms with van der Waals surface area (Å²) in [5.74, 6) is -0.658. The molecular weight excluding hydrogens is 372 g/mol. The summed E-state index contributed by atoms with van der Waals surface area (Å²) in [5.41, 5.74) is 6.09. The molecule has 0 aliphatic heterocycles. The van der Waals surface area contributed by atoms with E-state index in [0.29, 0.717) is 15.7 Å². The third-order valence-corrected chi connectivity index (χ3v) is 4.68. The molecule has 0 atom stereocenters. The number of benzene rings is 1. The second kappa shape index (κ2) is 7.58. The number of aromatic nitrogens is 2. The van der Waals surface area contributed by atoms with Crippen LogP contribution in [0.3, 0.4) is 0 Å². The van der Waals surface area contributed by atoms with Gasteiger partial charge >= 0.3 is 16.2 Å². The molecule has 0 saturated carbocycles. The van der Waals surface area contributed by atoms with Crippen LogP contribution in [0, 0.1) is 13.8 Å². The number of aryl methyl sites for hydroxylation is 2. The fourth-order valence-electron chi connectivity index (χ4n) is 2.39. The topological polar surface area (TPSA) is 139 Å². The third-order valence-electron chi connectivity index (χ3n) is 3.38. The Balaban J connectivity index is 2.79. The summed E-state index contributed by atoms with van der Waals surface area (Å²) in [6.45, 7) is 3.34. The summed E-state index contributed by atoms with van der Waals surface area (Å²) in [5, 5.41) is 0. The Morgan fingerprint density at radius 3 is 2.15 bits per heavy atom. The lowest BCUT2D eigenvalue weighted by Crippen LogP contribution is -2.45. The van der Waals surface area contributed by atoms with Crippen LogP contribution in [0.15, 0.2) is 30.3 Å². The molecule has 0 bridgehead atoms. The van der Waals surface area contributed by atoms with Crippen molar-refractivity contribution in [2.45, 2.75) is 13.8 Å². The first-order valence-corrected chi connectivity index (χ1v) is 9.22. The van der Waals surface area contributed by atoms with E-state index in [2.05, 4.69) is 9.97 Å². The summed E-state index contributed by atoms with van der Waals surface area (Å²) in [6, 6.07) is 6.41. The van der Waals surface area contributed by atoms with Crippen molar-refractivity contribution in [3.8, 4) is 0 Å². The highest BCUT2D eigenvalue weighted by Gasteiger charge is 2.32. The quantitative estimate of drug-likeness (QED) is 0.773. The van der Waals surface area contributed by atoms with Gasteiger partial charge in [0, 0.05) is 25.5 Å². The number of carbonyl (C=O) groups excluding carboxylic acids is 2. The van der Waals surface area contributed by atoms with Gasteiger partial charge in [0.2, 0.25) is 5.95 Å². The zero-order valence-corrected chi connectivity index (χ0v) is 16.1. The van der Waals surface area contributed by atoms with Crippen molar-refractivity contribution in [1.29, 1.82) is 0 Å². The van der Waals surface area contributed by atoms with Crippen LogP contribution < -0.4 is 14.8 Å². The second-order valence-corrected chi connectivity index (χ2v) is 7.42. The van der Waals surface area contributed by atoms with Gasteiger partial charge < -0.3 is 10.6 Å². The van der Waals surface area contributed by atoms with Crippen LogP contribution >= 0.6 is 0 Å². The summed E-state index contributed by atoms with van der Waals surface area (Å²) < 4.78 is 28.0. The second-order valence-electron chi connectivity index (χ2n) is 5.90. The molecule has 11 heteroatoms. The first-order valence-electron chi connectivity index (χ1n) is 7.78. The standard InChI is InChI=1S/C16H20N6O4S/c1-10-9-11(2)19-16(18-10)22(27(25,26)20-15(17)24)13-8-6-5-7-12(13)14(23)21(3)4/h5-9H,1-4H3,(H3,17,20,24).